The summed E-state index contributed by atoms with van der Waals surface area (Å²) in [5.74, 6) is 0.136. The molecule has 1 atom stereocenters. The molecule has 5 nitrogen and oxygen atoms in total. The average Bonchev–Trinajstić information content (AvgIpc) is 2.88. The summed E-state index contributed by atoms with van der Waals surface area (Å²) in [6, 6.07) is 6.45. The molecule has 1 N–H and O–H groups in total. The molecule has 0 radical (unpaired) electrons. The lowest BCUT2D eigenvalue weighted by atomic mass is 10.0. The second kappa shape index (κ2) is 7.12. The third-order valence-electron chi connectivity index (χ3n) is 3.08. The molecule has 0 aliphatic heterocycles. The maximum Gasteiger partial charge on any atom is 0.387 e. The van der Waals surface area contributed by atoms with Gasteiger partial charge in [-0.1, -0.05) is 24.3 Å². The number of aryl methyl sites for hydroxylation is 1. The molecule has 1 aromatic heterocycles. The van der Waals surface area contributed by atoms with Gasteiger partial charge in [0.2, 0.25) is 0 Å². The van der Waals surface area contributed by atoms with E-state index in [1.807, 2.05) is 10.7 Å². The number of hydrogen-bond donors (Lipinski definition) is 1. The summed E-state index contributed by atoms with van der Waals surface area (Å²) in [6.45, 7) is -0.0296. The standard InChI is InChI=1S/C14H18F2N4O/c1-3-7-20-12(9-18-19-20)13(17-2)10-5-4-6-11(8-10)21-14(15)16/h4-6,8-9,13-14,17H,3,7H2,1-2H3. The Bertz CT molecular complexity index is 574. The average molecular weight is 296 g/mol. The highest BCUT2D eigenvalue weighted by Gasteiger charge is 2.18. The number of ether oxygens (including phenoxy) is 1. The van der Waals surface area contributed by atoms with E-state index in [1.165, 1.54) is 6.07 Å². The fourth-order valence-electron chi connectivity index (χ4n) is 2.23. The molecule has 21 heavy (non-hydrogen) atoms. The molecule has 2 aromatic rings. The zero-order chi connectivity index (χ0) is 15.2. The Balaban J connectivity index is 2.30. The van der Waals surface area contributed by atoms with Gasteiger partial charge in [0.25, 0.3) is 0 Å². The van der Waals surface area contributed by atoms with Crippen molar-refractivity contribution in [2.75, 3.05) is 7.05 Å². The van der Waals surface area contributed by atoms with Gasteiger partial charge in [0, 0.05) is 6.54 Å². The molecule has 0 saturated heterocycles. The van der Waals surface area contributed by atoms with E-state index >= 15 is 0 Å². The van der Waals surface area contributed by atoms with Crippen LogP contribution in [-0.4, -0.2) is 28.7 Å². The van der Waals surface area contributed by atoms with E-state index in [4.69, 9.17) is 0 Å². The van der Waals surface area contributed by atoms with Gasteiger partial charge in [-0.3, -0.25) is 0 Å². The minimum atomic E-state index is -2.83. The maximum atomic E-state index is 12.3. The van der Waals surface area contributed by atoms with Crippen LogP contribution in [0.5, 0.6) is 5.75 Å². The highest BCUT2D eigenvalue weighted by Crippen LogP contribution is 2.25. The lowest BCUT2D eigenvalue weighted by Crippen LogP contribution is -2.21. The molecule has 1 heterocycles. The summed E-state index contributed by atoms with van der Waals surface area (Å²) in [5, 5.41) is 11.1. The molecular formula is C14H18F2N4O. The van der Waals surface area contributed by atoms with Crippen LogP contribution in [0, 0.1) is 0 Å². The Kier molecular flexibility index (Phi) is 5.21. The minimum absolute atomic E-state index is 0.136. The first kappa shape index (κ1) is 15.4. The van der Waals surface area contributed by atoms with Crippen LogP contribution < -0.4 is 10.1 Å². The lowest BCUT2D eigenvalue weighted by molar-refractivity contribution is -0.0498. The van der Waals surface area contributed by atoms with Gasteiger partial charge in [0.15, 0.2) is 0 Å². The lowest BCUT2D eigenvalue weighted by Gasteiger charge is -2.18. The maximum absolute atomic E-state index is 12.3. The number of hydrogen-bond acceptors (Lipinski definition) is 4. The van der Waals surface area contributed by atoms with E-state index < -0.39 is 6.61 Å². The summed E-state index contributed by atoms with van der Waals surface area (Å²) in [7, 11) is 1.80. The normalized spacial score (nSPS) is 12.6. The molecule has 0 bridgehead atoms. The molecule has 0 aliphatic carbocycles. The molecule has 0 amide bonds. The SMILES string of the molecule is CCCn1nncc1C(NC)c1cccc(OC(F)F)c1. The molecular weight excluding hydrogens is 278 g/mol. The third kappa shape index (κ3) is 3.75. The van der Waals surface area contributed by atoms with Crippen LogP contribution in [0.3, 0.4) is 0 Å². The van der Waals surface area contributed by atoms with E-state index in [2.05, 4.69) is 27.3 Å². The van der Waals surface area contributed by atoms with Crippen molar-refractivity contribution in [3.63, 3.8) is 0 Å². The first-order chi connectivity index (χ1) is 10.2. The summed E-state index contributed by atoms with van der Waals surface area (Å²) in [6.07, 6.45) is 2.61. The van der Waals surface area contributed by atoms with Crippen molar-refractivity contribution in [1.82, 2.24) is 20.3 Å². The van der Waals surface area contributed by atoms with Crippen LogP contribution in [0.2, 0.25) is 0 Å². The van der Waals surface area contributed by atoms with Crippen LogP contribution in [-0.2, 0) is 6.54 Å². The van der Waals surface area contributed by atoms with Crippen molar-refractivity contribution in [2.45, 2.75) is 32.5 Å². The number of benzene rings is 1. The van der Waals surface area contributed by atoms with Crippen molar-refractivity contribution in [2.24, 2.45) is 0 Å². The number of nitrogens with zero attached hydrogens (tertiary/aromatic N) is 3. The first-order valence-corrected chi connectivity index (χ1v) is 6.76. The van der Waals surface area contributed by atoms with E-state index in [-0.39, 0.29) is 11.8 Å². The number of nitrogens with one attached hydrogen (secondary N) is 1. The molecule has 2 rings (SSSR count). The monoisotopic (exact) mass is 296 g/mol. The van der Waals surface area contributed by atoms with Gasteiger partial charge in [0.05, 0.1) is 17.9 Å². The van der Waals surface area contributed by atoms with Crippen LogP contribution in [0.15, 0.2) is 30.5 Å². The van der Waals surface area contributed by atoms with E-state index in [0.29, 0.717) is 0 Å². The first-order valence-electron chi connectivity index (χ1n) is 6.76. The van der Waals surface area contributed by atoms with Gasteiger partial charge in [-0.25, -0.2) is 4.68 Å². The molecule has 0 spiro atoms. The van der Waals surface area contributed by atoms with Gasteiger partial charge in [0.1, 0.15) is 5.75 Å². The summed E-state index contributed by atoms with van der Waals surface area (Å²) in [5.41, 5.74) is 1.70. The molecule has 7 heteroatoms. The highest BCUT2D eigenvalue weighted by molar-refractivity contribution is 5.34. The van der Waals surface area contributed by atoms with Gasteiger partial charge in [-0.15, -0.1) is 5.10 Å². The molecule has 1 aromatic carbocycles. The molecule has 1 unspecified atom stereocenters. The molecule has 0 aliphatic rings. The van der Waals surface area contributed by atoms with Gasteiger partial charge in [-0.2, -0.15) is 8.78 Å². The van der Waals surface area contributed by atoms with E-state index in [0.717, 1.165) is 24.2 Å². The van der Waals surface area contributed by atoms with Crippen molar-refractivity contribution in [3.05, 3.63) is 41.7 Å². The van der Waals surface area contributed by atoms with Crippen LogP contribution in [0.4, 0.5) is 8.78 Å². The summed E-state index contributed by atoms with van der Waals surface area (Å²) in [4.78, 5) is 0. The van der Waals surface area contributed by atoms with Gasteiger partial charge >= 0.3 is 6.61 Å². The summed E-state index contributed by atoms with van der Waals surface area (Å²) >= 11 is 0. The summed E-state index contributed by atoms with van der Waals surface area (Å²) < 4.78 is 30.9. The second-order valence-corrected chi connectivity index (χ2v) is 4.55. The van der Waals surface area contributed by atoms with E-state index in [1.54, 1.807) is 25.4 Å². The van der Waals surface area contributed by atoms with Crippen LogP contribution >= 0.6 is 0 Å². The smallest absolute Gasteiger partial charge is 0.387 e. The minimum Gasteiger partial charge on any atom is -0.435 e. The van der Waals surface area contributed by atoms with Crippen molar-refractivity contribution < 1.29 is 13.5 Å². The number of halogens is 2. The molecule has 0 fully saturated rings. The molecule has 0 saturated carbocycles. The van der Waals surface area contributed by atoms with Gasteiger partial charge < -0.3 is 10.1 Å². The predicted molar refractivity (Wildman–Crippen MR) is 74.3 cm³/mol. The zero-order valence-electron chi connectivity index (χ0n) is 12.0. The van der Waals surface area contributed by atoms with Crippen LogP contribution in [0.25, 0.3) is 0 Å². The fraction of sp³-hybridized carbons (Fsp3) is 0.429. The Morgan fingerprint density at radius 2 is 2.19 bits per heavy atom. The van der Waals surface area contributed by atoms with Crippen molar-refractivity contribution >= 4 is 0 Å². The van der Waals surface area contributed by atoms with Crippen molar-refractivity contribution in [3.8, 4) is 5.75 Å². The highest BCUT2D eigenvalue weighted by atomic mass is 19.3. The quantitative estimate of drug-likeness (QED) is 0.853. The van der Waals surface area contributed by atoms with Crippen molar-refractivity contribution in [1.29, 1.82) is 0 Å². The number of alkyl halides is 2. The second-order valence-electron chi connectivity index (χ2n) is 4.55. The Morgan fingerprint density at radius 3 is 2.86 bits per heavy atom. The Labute approximate surface area is 121 Å². The molecule has 114 valence electrons. The third-order valence-corrected chi connectivity index (χ3v) is 3.08. The number of rotatable bonds is 7. The van der Waals surface area contributed by atoms with Crippen LogP contribution in [0.1, 0.15) is 30.6 Å². The Hall–Kier alpha value is -2.02. The number of aromatic nitrogens is 3. The topological polar surface area (TPSA) is 52.0 Å². The predicted octanol–water partition coefficient (Wildman–Crippen LogP) is 2.60. The largest absolute Gasteiger partial charge is 0.435 e. The van der Waals surface area contributed by atoms with E-state index in [9.17, 15) is 8.78 Å². The zero-order valence-corrected chi connectivity index (χ0v) is 12.0. The fourth-order valence-corrected chi connectivity index (χ4v) is 2.23. The van der Waals surface area contributed by atoms with Gasteiger partial charge in [-0.05, 0) is 31.2 Å². The Morgan fingerprint density at radius 1 is 1.38 bits per heavy atom.